The molecule has 1 rings (SSSR count). The zero-order valence-electron chi connectivity index (χ0n) is 6.12. The van der Waals surface area contributed by atoms with Crippen LogP contribution >= 0.6 is 11.6 Å². The van der Waals surface area contributed by atoms with E-state index >= 15 is 0 Å². The summed E-state index contributed by atoms with van der Waals surface area (Å²) < 4.78 is 21.9. The molecule has 2 nitrogen and oxygen atoms in total. The molecule has 0 heterocycles. The van der Waals surface area contributed by atoms with Crippen molar-refractivity contribution in [3.8, 4) is 0 Å². The van der Waals surface area contributed by atoms with Crippen molar-refractivity contribution in [2.24, 2.45) is 0 Å². The summed E-state index contributed by atoms with van der Waals surface area (Å²) in [6.45, 7) is 0. The second-order valence-electron chi connectivity index (χ2n) is 2.49. The van der Waals surface area contributed by atoms with E-state index in [9.17, 15) is 8.42 Å². The van der Waals surface area contributed by atoms with Gasteiger partial charge < -0.3 is 0 Å². The minimum Gasteiger partial charge on any atom is -0.224 e. The molecule has 0 aromatic heterocycles. The first-order valence-corrected chi connectivity index (χ1v) is 5.55. The Labute approximate surface area is 71.5 Å². The molecule has 0 N–H and O–H groups in total. The highest BCUT2D eigenvalue weighted by molar-refractivity contribution is 7.94. The number of allylic oxidation sites excluding steroid dienone is 3. The fourth-order valence-electron chi connectivity index (χ4n) is 0.850. The Morgan fingerprint density at radius 2 is 2.27 bits per heavy atom. The van der Waals surface area contributed by atoms with Gasteiger partial charge in [0, 0.05) is 6.26 Å². The Morgan fingerprint density at radius 3 is 2.64 bits per heavy atom. The van der Waals surface area contributed by atoms with Crippen molar-refractivity contribution in [2.45, 2.75) is 11.8 Å². The molecule has 0 bridgehead atoms. The van der Waals surface area contributed by atoms with Crippen LogP contribution in [0.5, 0.6) is 0 Å². The van der Waals surface area contributed by atoms with Gasteiger partial charge in [0.1, 0.15) is 0 Å². The minimum absolute atomic E-state index is 0.0551. The normalized spacial score (nSPS) is 24.9. The summed E-state index contributed by atoms with van der Waals surface area (Å²) >= 11 is 5.71. The van der Waals surface area contributed by atoms with Crippen LogP contribution in [0.4, 0.5) is 0 Å². The maximum absolute atomic E-state index is 10.9. The van der Waals surface area contributed by atoms with Gasteiger partial charge in [-0.15, -0.1) is 11.6 Å². The summed E-state index contributed by atoms with van der Waals surface area (Å²) in [6.07, 6.45) is 6.68. The molecule has 0 aliphatic heterocycles. The number of halogens is 1. The molecule has 0 aromatic rings. The van der Waals surface area contributed by atoms with E-state index in [0.29, 0.717) is 11.3 Å². The lowest BCUT2D eigenvalue weighted by Crippen LogP contribution is -2.04. The van der Waals surface area contributed by atoms with Crippen molar-refractivity contribution >= 4 is 21.4 Å². The van der Waals surface area contributed by atoms with E-state index in [1.54, 1.807) is 18.2 Å². The van der Waals surface area contributed by atoms with Crippen LogP contribution in [0, 0.1) is 0 Å². The maximum atomic E-state index is 10.9. The van der Waals surface area contributed by atoms with E-state index in [1.807, 2.05) is 0 Å². The number of alkyl halides is 1. The lowest BCUT2D eigenvalue weighted by molar-refractivity contribution is 0.608. The van der Waals surface area contributed by atoms with Gasteiger partial charge in [-0.05, 0) is 12.5 Å². The van der Waals surface area contributed by atoms with Crippen LogP contribution in [0.15, 0.2) is 23.1 Å². The Balaban J connectivity index is 2.89. The Kier molecular flexibility index (Phi) is 2.40. The molecule has 0 saturated carbocycles. The van der Waals surface area contributed by atoms with Crippen LogP contribution in [0.25, 0.3) is 0 Å². The Morgan fingerprint density at radius 1 is 1.64 bits per heavy atom. The molecule has 1 aliphatic rings. The van der Waals surface area contributed by atoms with Crippen molar-refractivity contribution < 1.29 is 8.42 Å². The fraction of sp³-hybridized carbons (Fsp3) is 0.429. The van der Waals surface area contributed by atoms with Crippen LogP contribution in [0.1, 0.15) is 6.42 Å². The first kappa shape index (κ1) is 8.81. The molecule has 62 valence electrons. The van der Waals surface area contributed by atoms with E-state index in [0.717, 1.165) is 0 Å². The highest BCUT2D eigenvalue weighted by atomic mass is 35.5. The van der Waals surface area contributed by atoms with E-state index in [2.05, 4.69) is 0 Å². The number of hydrogen-bond acceptors (Lipinski definition) is 2. The molecule has 0 radical (unpaired) electrons. The standard InChI is InChI=1S/C7H9ClO2S/c1-11(9,10)7-4-2-6(8)3-5-7/h2,4-6H,3H2,1H3. The minimum atomic E-state index is -3.03. The largest absolute Gasteiger partial charge is 0.224 e. The van der Waals surface area contributed by atoms with Gasteiger partial charge in [-0.3, -0.25) is 0 Å². The molecule has 1 atom stereocenters. The van der Waals surface area contributed by atoms with Gasteiger partial charge in [-0.2, -0.15) is 0 Å². The van der Waals surface area contributed by atoms with Gasteiger partial charge in [0.2, 0.25) is 0 Å². The zero-order valence-corrected chi connectivity index (χ0v) is 7.69. The number of sulfone groups is 1. The van der Waals surface area contributed by atoms with Crippen LogP contribution in [0.3, 0.4) is 0 Å². The van der Waals surface area contributed by atoms with E-state index in [-0.39, 0.29) is 5.38 Å². The monoisotopic (exact) mass is 192 g/mol. The van der Waals surface area contributed by atoms with Gasteiger partial charge in [0.25, 0.3) is 0 Å². The molecule has 0 fully saturated rings. The predicted octanol–water partition coefficient (Wildman–Crippen LogP) is 1.48. The molecule has 0 amide bonds. The molecule has 11 heavy (non-hydrogen) atoms. The van der Waals surface area contributed by atoms with Crippen molar-refractivity contribution in [3.05, 3.63) is 23.1 Å². The van der Waals surface area contributed by atoms with Crippen molar-refractivity contribution in [1.29, 1.82) is 0 Å². The third-order valence-corrected chi connectivity index (χ3v) is 2.92. The van der Waals surface area contributed by atoms with E-state index in [4.69, 9.17) is 11.6 Å². The first-order valence-electron chi connectivity index (χ1n) is 3.22. The third-order valence-electron chi connectivity index (χ3n) is 1.44. The summed E-state index contributed by atoms with van der Waals surface area (Å²) in [7, 11) is -3.03. The lowest BCUT2D eigenvalue weighted by atomic mass is 10.2. The fourth-order valence-corrected chi connectivity index (χ4v) is 1.74. The molecular weight excluding hydrogens is 184 g/mol. The summed E-state index contributed by atoms with van der Waals surface area (Å²) in [5.74, 6) is 0. The van der Waals surface area contributed by atoms with E-state index < -0.39 is 9.84 Å². The van der Waals surface area contributed by atoms with Gasteiger partial charge in [0.15, 0.2) is 9.84 Å². The molecule has 1 unspecified atom stereocenters. The van der Waals surface area contributed by atoms with Crippen molar-refractivity contribution in [1.82, 2.24) is 0 Å². The summed E-state index contributed by atoms with van der Waals surface area (Å²) in [5, 5.41) is -0.0551. The molecule has 4 heteroatoms. The zero-order chi connectivity index (χ0) is 8.48. The molecule has 0 spiro atoms. The number of hydrogen-bond donors (Lipinski definition) is 0. The SMILES string of the molecule is CS(=O)(=O)C1=CCC(Cl)C=C1. The second kappa shape index (κ2) is 2.99. The Bertz CT molecular complexity index is 300. The third kappa shape index (κ3) is 2.34. The van der Waals surface area contributed by atoms with Crippen LogP contribution < -0.4 is 0 Å². The summed E-state index contributed by atoms with van der Waals surface area (Å²) in [6, 6.07) is 0. The highest BCUT2D eigenvalue weighted by Crippen LogP contribution is 2.18. The average Bonchev–Trinajstić information content (AvgIpc) is 1.86. The van der Waals surface area contributed by atoms with E-state index in [1.165, 1.54) is 6.26 Å². The van der Waals surface area contributed by atoms with Crippen LogP contribution in [-0.2, 0) is 9.84 Å². The smallest absolute Gasteiger partial charge is 0.175 e. The molecule has 1 aliphatic carbocycles. The van der Waals surface area contributed by atoms with Gasteiger partial charge in [0.05, 0.1) is 10.3 Å². The van der Waals surface area contributed by atoms with Gasteiger partial charge >= 0.3 is 0 Å². The van der Waals surface area contributed by atoms with Crippen LogP contribution in [-0.4, -0.2) is 20.1 Å². The van der Waals surface area contributed by atoms with Crippen LogP contribution in [0.2, 0.25) is 0 Å². The molecule has 0 aromatic carbocycles. The molecular formula is C7H9ClO2S. The second-order valence-corrected chi connectivity index (χ2v) is 5.07. The quantitative estimate of drug-likeness (QED) is 0.590. The van der Waals surface area contributed by atoms with Crippen molar-refractivity contribution in [3.63, 3.8) is 0 Å². The number of rotatable bonds is 1. The first-order chi connectivity index (χ1) is 5.00. The highest BCUT2D eigenvalue weighted by Gasteiger charge is 2.12. The predicted molar refractivity (Wildman–Crippen MR) is 46.3 cm³/mol. The maximum Gasteiger partial charge on any atom is 0.175 e. The lowest BCUT2D eigenvalue weighted by Gasteiger charge is -2.07. The van der Waals surface area contributed by atoms with Gasteiger partial charge in [-0.25, -0.2) is 8.42 Å². The van der Waals surface area contributed by atoms with Crippen molar-refractivity contribution in [2.75, 3.05) is 6.26 Å². The Hall–Kier alpha value is -0.280. The summed E-state index contributed by atoms with van der Waals surface area (Å²) in [5.41, 5.74) is 0. The average molecular weight is 193 g/mol. The van der Waals surface area contributed by atoms with Gasteiger partial charge in [-0.1, -0.05) is 12.2 Å². The topological polar surface area (TPSA) is 34.1 Å². The summed E-state index contributed by atoms with van der Waals surface area (Å²) in [4.78, 5) is 0.370. The molecule has 0 saturated heterocycles.